The van der Waals surface area contributed by atoms with Crippen LogP contribution in [0.25, 0.3) is 0 Å². The monoisotopic (exact) mass is 266 g/mol. The first kappa shape index (κ1) is 14.4. The second kappa shape index (κ2) is 6.42. The Balaban J connectivity index is 1.84. The van der Waals surface area contributed by atoms with Crippen LogP contribution in [0.3, 0.4) is 0 Å². The Hall–Kier alpha value is -1.03. The Bertz CT molecular complexity index is 335. The highest BCUT2D eigenvalue weighted by Crippen LogP contribution is 2.39. The minimum Gasteiger partial charge on any atom is -0.436 e. The zero-order valence-corrected chi connectivity index (χ0v) is 12.0. The molecule has 0 atom stereocenters. The molecule has 2 fully saturated rings. The summed E-state index contributed by atoms with van der Waals surface area (Å²) >= 11 is 0. The van der Waals surface area contributed by atoms with E-state index in [9.17, 15) is 4.79 Å². The molecule has 0 aromatic carbocycles. The van der Waals surface area contributed by atoms with Crippen molar-refractivity contribution in [1.82, 2.24) is 10.2 Å². The summed E-state index contributed by atoms with van der Waals surface area (Å²) in [4.78, 5) is 13.8. The highest BCUT2D eigenvalue weighted by Gasteiger charge is 2.48. The predicted molar refractivity (Wildman–Crippen MR) is 75.9 cm³/mol. The molecule has 1 spiro atoms. The van der Waals surface area contributed by atoms with Gasteiger partial charge in [-0.05, 0) is 19.5 Å². The number of amides is 1. The normalized spacial score (nSPS) is 22.1. The molecule has 4 heteroatoms. The van der Waals surface area contributed by atoms with Crippen LogP contribution in [-0.4, -0.2) is 36.2 Å². The largest absolute Gasteiger partial charge is 0.436 e. The van der Waals surface area contributed by atoms with Gasteiger partial charge in [0.1, 0.15) is 0 Å². The standard InChI is InChI=1S/C15H26N2O2/c1-3-4-5-6-7-12-17-13(2)15(19-14(17)18)8-10-16-11-9-15/h16H,2-12H2,1H3. The van der Waals surface area contributed by atoms with E-state index >= 15 is 0 Å². The summed E-state index contributed by atoms with van der Waals surface area (Å²) in [5.41, 5.74) is 0.473. The van der Waals surface area contributed by atoms with Crippen LogP contribution in [0.5, 0.6) is 0 Å². The van der Waals surface area contributed by atoms with Gasteiger partial charge in [-0.2, -0.15) is 0 Å². The van der Waals surface area contributed by atoms with Crippen LogP contribution >= 0.6 is 0 Å². The third kappa shape index (κ3) is 3.11. The zero-order chi connectivity index (χ0) is 13.7. The number of nitrogens with zero attached hydrogens (tertiary/aromatic N) is 1. The third-order valence-electron chi connectivity index (χ3n) is 4.25. The molecule has 2 aliphatic rings. The average Bonchev–Trinajstić information content (AvgIpc) is 2.63. The predicted octanol–water partition coefficient (Wildman–Crippen LogP) is 3.04. The Morgan fingerprint density at radius 3 is 2.63 bits per heavy atom. The van der Waals surface area contributed by atoms with Crippen LogP contribution in [0.4, 0.5) is 4.79 Å². The Morgan fingerprint density at radius 2 is 1.95 bits per heavy atom. The number of unbranched alkanes of at least 4 members (excludes halogenated alkanes) is 4. The van der Waals surface area contributed by atoms with Gasteiger partial charge in [-0.25, -0.2) is 4.79 Å². The van der Waals surface area contributed by atoms with Crippen LogP contribution in [0, 0.1) is 0 Å². The van der Waals surface area contributed by atoms with Crippen LogP contribution in [-0.2, 0) is 4.74 Å². The molecule has 0 saturated carbocycles. The SMILES string of the molecule is C=C1N(CCCCCCC)C(=O)OC12CCNCC2. The summed E-state index contributed by atoms with van der Waals surface area (Å²) in [5, 5.41) is 3.30. The second-order valence-corrected chi connectivity index (χ2v) is 5.62. The van der Waals surface area contributed by atoms with E-state index in [0.29, 0.717) is 0 Å². The van der Waals surface area contributed by atoms with Crippen molar-refractivity contribution in [2.75, 3.05) is 19.6 Å². The van der Waals surface area contributed by atoms with Crippen LogP contribution in [0.15, 0.2) is 12.3 Å². The summed E-state index contributed by atoms with van der Waals surface area (Å²) < 4.78 is 5.64. The highest BCUT2D eigenvalue weighted by molar-refractivity contribution is 5.74. The van der Waals surface area contributed by atoms with Crippen molar-refractivity contribution >= 4 is 6.09 Å². The Labute approximate surface area is 116 Å². The van der Waals surface area contributed by atoms with E-state index in [1.54, 1.807) is 4.90 Å². The van der Waals surface area contributed by atoms with E-state index in [-0.39, 0.29) is 6.09 Å². The summed E-state index contributed by atoms with van der Waals surface area (Å²) in [5.74, 6) is 0. The van der Waals surface area contributed by atoms with Crippen molar-refractivity contribution in [3.63, 3.8) is 0 Å². The molecule has 0 radical (unpaired) electrons. The number of nitrogens with one attached hydrogen (secondary N) is 1. The lowest BCUT2D eigenvalue weighted by atomic mass is 9.89. The van der Waals surface area contributed by atoms with Gasteiger partial charge in [0.2, 0.25) is 0 Å². The second-order valence-electron chi connectivity index (χ2n) is 5.62. The molecule has 2 aliphatic heterocycles. The van der Waals surface area contributed by atoms with Gasteiger partial charge in [0.05, 0.1) is 5.70 Å². The first-order valence-electron chi connectivity index (χ1n) is 7.60. The molecule has 19 heavy (non-hydrogen) atoms. The van der Waals surface area contributed by atoms with Gasteiger partial charge in [0.15, 0.2) is 5.60 Å². The van der Waals surface area contributed by atoms with Gasteiger partial charge >= 0.3 is 6.09 Å². The topological polar surface area (TPSA) is 41.6 Å². The lowest BCUT2D eigenvalue weighted by Gasteiger charge is -2.32. The quantitative estimate of drug-likeness (QED) is 0.751. The molecule has 108 valence electrons. The molecule has 0 unspecified atom stereocenters. The zero-order valence-electron chi connectivity index (χ0n) is 12.0. The van der Waals surface area contributed by atoms with Crippen molar-refractivity contribution in [2.45, 2.75) is 57.5 Å². The molecule has 0 bridgehead atoms. The maximum atomic E-state index is 12.0. The van der Waals surface area contributed by atoms with Crippen LogP contribution < -0.4 is 5.32 Å². The van der Waals surface area contributed by atoms with Crippen molar-refractivity contribution < 1.29 is 9.53 Å². The fourth-order valence-electron chi connectivity index (χ4n) is 2.96. The van der Waals surface area contributed by atoms with E-state index in [0.717, 1.165) is 44.6 Å². The van der Waals surface area contributed by atoms with Gasteiger partial charge in [0.25, 0.3) is 0 Å². The van der Waals surface area contributed by atoms with Crippen molar-refractivity contribution in [1.29, 1.82) is 0 Å². The van der Waals surface area contributed by atoms with E-state index in [1.165, 1.54) is 25.7 Å². The summed E-state index contributed by atoms with van der Waals surface area (Å²) in [6, 6.07) is 0. The smallest absolute Gasteiger partial charge is 0.415 e. The number of carbonyl (C=O) groups is 1. The molecule has 4 nitrogen and oxygen atoms in total. The fourth-order valence-corrected chi connectivity index (χ4v) is 2.96. The molecule has 2 heterocycles. The van der Waals surface area contributed by atoms with E-state index < -0.39 is 5.60 Å². The molecule has 1 amide bonds. The van der Waals surface area contributed by atoms with Gasteiger partial charge in [-0.3, -0.25) is 4.90 Å². The van der Waals surface area contributed by atoms with Gasteiger partial charge in [-0.1, -0.05) is 39.2 Å². The number of carbonyl (C=O) groups excluding carboxylic acids is 1. The maximum absolute atomic E-state index is 12.0. The number of piperidine rings is 1. The minimum atomic E-state index is -0.411. The van der Waals surface area contributed by atoms with Crippen molar-refractivity contribution in [3.8, 4) is 0 Å². The number of rotatable bonds is 6. The lowest BCUT2D eigenvalue weighted by molar-refractivity contribution is 0.0453. The third-order valence-corrected chi connectivity index (χ3v) is 4.25. The molecular formula is C15H26N2O2. The maximum Gasteiger partial charge on any atom is 0.415 e. The summed E-state index contributed by atoms with van der Waals surface area (Å²) in [6.45, 7) is 8.90. The fraction of sp³-hybridized carbons (Fsp3) is 0.800. The first-order valence-corrected chi connectivity index (χ1v) is 7.60. The Kier molecular flexibility index (Phi) is 4.86. The molecule has 1 N–H and O–H groups in total. The molecule has 0 aromatic rings. The first-order chi connectivity index (χ1) is 9.19. The molecule has 0 aliphatic carbocycles. The van der Waals surface area contributed by atoms with Gasteiger partial charge in [-0.15, -0.1) is 0 Å². The number of hydrogen-bond donors (Lipinski definition) is 1. The van der Waals surface area contributed by atoms with Gasteiger partial charge < -0.3 is 10.1 Å². The molecule has 2 rings (SSSR count). The average molecular weight is 266 g/mol. The van der Waals surface area contributed by atoms with Crippen LogP contribution in [0.2, 0.25) is 0 Å². The summed E-state index contributed by atoms with van der Waals surface area (Å²) in [7, 11) is 0. The Morgan fingerprint density at radius 1 is 1.26 bits per heavy atom. The molecular weight excluding hydrogens is 240 g/mol. The lowest BCUT2D eigenvalue weighted by Crippen LogP contribution is -2.43. The molecule has 2 saturated heterocycles. The number of hydrogen-bond acceptors (Lipinski definition) is 3. The van der Waals surface area contributed by atoms with E-state index in [2.05, 4.69) is 18.8 Å². The van der Waals surface area contributed by atoms with E-state index in [4.69, 9.17) is 4.74 Å². The van der Waals surface area contributed by atoms with Crippen molar-refractivity contribution in [3.05, 3.63) is 12.3 Å². The van der Waals surface area contributed by atoms with Crippen molar-refractivity contribution in [2.24, 2.45) is 0 Å². The van der Waals surface area contributed by atoms with Crippen LogP contribution in [0.1, 0.15) is 51.9 Å². The van der Waals surface area contributed by atoms with E-state index in [1.807, 2.05) is 0 Å². The minimum absolute atomic E-state index is 0.192. The highest BCUT2D eigenvalue weighted by atomic mass is 16.6. The summed E-state index contributed by atoms with van der Waals surface area (Å²) in [6.07, 6.45) is 7.51. The molecule has 0 aromatic heterocycles. The van der Waals surface area contributed by atoms with Gasteiger partial charge in [0, 0.05) is 19.4 Å². The number of ether oxygens (including phenoxy) is 1.